The zero-order valence-electron chi connectivity index (χ0n) is 5.46. The van der Waals surface area contributed by atoms with Gasteiger partial charge in [-0.25, -0.2) is 4.79 Å². The van der Waals surface area contributed by atoms with E-state index in [1.54, 1.807) is 6.92 Å². The molecule has 0 aliphatic carbocycles. The van der Waals surface area contributed by atoms with Gasteiger partial charge in [-0.1, -0.05) is 6.58 Å². The van der Waals surface area contributed by atoms with E-state index in [9.17, 15) is 4.79 Å². The van der Waals surface area contributed by atoms with Crippen LogP contribution in [0.15, 0.2) is 12.7 Å². The first-order chi connectivity index (χ1) is 3.66. The zero-order valence-corrected chi connectivity index (χ0v) is 5.46. The minimum Gasteiger partial charge on any atom is -0.444 e. The number of esters is 1. The number of rotatable bonds is 2. The van der Waals surface area contributed by atoms with E-state index in [1.165, 1.54) is 0 Å². The summed E-state index contributed by atoms with van der Waals surface area (Å²) in [6.07, 6.45) is 0.532. The predicted octanol–water partition coefficient (Wildman–Crippen LogP) is 0.182. The van der Waals surface area contributed by atoms with Crippen molar-refractivity contribution in [3.63, 3.8) is 0 Å². The van der Waals surface area contributed by atoms with E-state index in [4.69, 9.17) is 5.73 Å². The van der Waals surface area contributed by atoms with Crippen LogP contribution in [-0.2, 0) is 9.53 Å². The number of hydrogen-bond acceptors (Lipinski definition) is 4. The predicted molar refractivity (Wildman–Crippen MR) is 35.0 cm³/mol. The molecule has 1 unspecified atom stereocenters. The van der Waals surface area contributed by atoms with Gasteiger partial charge in [-0.15, -0.1) is 0 Å². The molecule has 0 fully saturated rings. The summed E-state index contributed by atoms with van der Waals surface area (Å²) in [5.74, 6) is -0.486. The summed E-state index contributed by atoms with van der Waals surface area (Å²) >= 11 is 0. The van der Waals surface area contributed by atoms with Gasteiger partial charge >= 0.3 is 5.97 Å². The van der Waals surface area contributed by atoms with Gasteiger partial charge in [0.25, 0.3) is 0 Å². The number of carbonyl (C=O) groups excluding carboxylic acids is 1. The second-order valence-corrected chi connectivity index (χ2v) is 1.35. The molecule has 5 N–H and O–H groups in total. The van der Waals surface area contributed by atoms with Gasteiger partial charge in [0.2, 0.25) is 0 Å². The van der Waals surface area contributed by atoms with Crippen LogP contribution in [0.2, 0.25) is 0 Å². The molecule has 0 aliphatic heterocycles. The fourth-order valence-electron chi connectivity index (χ4n) is 0.231. The smallest absolute Gasteiger partial charge is 0.331 e. The maximum absolute atomic E-state index is 10.2. The van der Waals surface area contributed by atoms with Crippen LogP contribution >= 0.6 is 0 Å². The van der Waals surface area contributed by atoms with Crippen molar-refractivity contribution in [3.8, 4) is 0 Å². The van der Waals surface area contributed by atoms with Gasteiger partial charge in [-0.05, 0) is 6.92 Å². The lowest BCUT2D eigenvalue weighted by molar-refractivity contribution is -0.141. The summed E-state index contributed by atoms with van der Waals surface area (Å²) in [6, 6.07) is 0. The van der Waals surface area contributed by atoms with Crippen LogP contribution < -0.4 is 11.9 Å². The van der Waals surface area contributed by atoms with Crippen LogP contribution in [0.5, 0.6) is 0 Å². The lowest BCUT2D eigenvalue weighted by Crippen LogP contribution is -2.21. The maximum Gasteiger partial charge on any atom is 0.331 e. The fourth-order valence-corrected chi connectivity index (χ4v) is 0.231. The van der Waals surface area contributed by atoms with Gasteiger partial charge in [0.05, 0.1) is 0 Å². The Bertz CT molecular complexity index is 101. The van der Waals surface area contributed by atoms with Crippen molar-refractivity contribution in [3.05, 3.63) is 12.7 Å². The normalized spacial score (nSPS) is 10.9. The number of nitrogens with two attached hydrogens (primary N) is 1. The Balaban J connectivity index is 0. The highest BCUT2D eigenvalue weighted by Crippen LogP contribution is 1.81. The monoisotopic (exact) mass is 132 g/mol. The minimum atomic E-state index is -0.541. The Hall–Kier alpha value is -0.870. The third kappa shape index (κ3) is 7.13. The van der Waals surface area contributed by atoms with E-state index in [0.29, 0.717) is 0 Å². The molecule has 0 saturated carbocycles. The molecule has 0 heterocycles. The van der Waals surface area contributed by atoms with Gasteiger partial charge in [-0.3, -0.25) is 5.73 Å². The van der Waals surface area contributed by atoms with Crippen LogP contribution in [0.1, 0.15) is 6.92 Å². The van der Waals surface area contributed by atoms with Gasteiger partial charge < -0.3 is 10.9 Å². The van der Waals surface area contributed by atoms with E-state index < -0.39 is 12.2 Å². The van der Waals surface area contributed by atoms with E-state index in [0.717, 1.165) is 6.08 Å². The van der Waals surface area contributed by atoms with Gasteiger partial charge in [0.1, 0.15) is 6.23 Å². The summed E-state index contributed by atoms with van der Waals surface area (Å²) < 4.78 is 4.42. The van der Waals surface area contributed by atoms with E-state index in [1.807, 2.05) is 0 Å². The molecule has 0 radical (unpaired) electrons. The molecule has 0 aromatic carbocycles. The highest BCUT2D eigenvalue weighted by atomic mass is 16.5. The lowest BCUT2D eigenvalue weighted by atomic mass is 10.6. The van der Waals surface area contributed by atoms with Crippen LogP contribution in [0, 0.1) is 0 Å². The molecular formula is C5H12N2O2. The summed E-state index contributed by atoms with van der Waals surface area (Å²) in [6.45, 7) is 4.75. The zero-order chi connectivity index (χ0) is 6.57. The summed E-state index contributed by atoms with van der Waals surface area (Å²) in [5.41, 5.74) is 5.08. The van der Waals surface area contributed by atoms with Crippen molar-refractivity contribution < 1.29 is 9.53 Å². The van der Waals surface area contributed by atoms with Gasteiger partial charge in [0, 0.05) is 6.08 Å². The Morgan fingerprint density at radius 3 is 2.44 bits per heavy atom. The Labute approximate surface area is 54.3 Å². The quantitative estimate of drug-likeness (QED) is 0.319. The molecule has 4 nitrogen and oxygen atoms in total. The first-order valence-corrected chi connectivity index (χ1v) is 2.25. The standard InChI is InChI=1S/C5H9NO2.H3N/c1-3-5(7)8-4(2)6;/h3-4H,1,6H2,2H3;1H3. The number of carbonyl (C=O) groups is 1. The number of ether oxygens (including phenoxy) is 1. The van der Waals surface area contributed by atoms with Crippen LogP contribution in [-0.4, -0.2) is 12.2 Å². The lowest BCUT2D eigenvalue weighted by Gasteiger charge is -2.02. The van der Waals surface area contributed by atoms with Crippen molar-refractivity contribution in [1.82, 2.24) is 6.15 Å². The van der Waals surface area contributed by atoms with Crippen molar-refractivity contribution in [2.75, 3.05) is 0 Å². The largest absolute Gasteiger partial charge is 0.444 e. The molecule has 9 heavy (non-hydrogen) atoms. The van der Waals surface area contributed by atoms with Gasteiger partial charge in [0.15, 0.2) is 0 Å². The SMILES string of the molecule is C=CC(=O)OC(C)N.N. The average Bonchev–Trinajstić information content (AvgIpc) is 1.65. The topological polar surface area (TPSA) is 87.3 Å². The van der Waals surface area contributed by atoms with E-state index in [-0.39, 0.29) is 6.15 Å². The molecule has 4 heteroatoms. The average molecular weight is 132 g/mol. The second kappa shape index (κ2) is 5.27. The maximum atomic E-state index is 10.2. The van der Waals surface area contributed by atoms with Crippen LogP contribution in [0.3, 0.4) is 0 Å². The molecule has 0 spiro atoms. The molecule has 0 saturated heterocycles. The summed E-state index contributed by atoms with van der Waals surface area (Å²) in [5, 5.41) is 0. The van der Waals surface area contributed by atoms with Crippen molar-refractivity contribution >= 4 is 5.97 Å². The van der Waals surface area contributed by atoms with E-state index >= 15 is 0 Å². The molecule has 0 bridgehead atoms. The Morgan fingerprint density at radius 2 is 2.33 bits per heavy atom. The highest BCUT2D eigenvalue weighted by Gasteiger charge is 1.96. The second-order valence-electron chi connectivity index (χ2n) is 1.35. The van der Waals surface area contributed by atoms with E-state index in [2.05, 4.69) is 11.3 Å². The Morgan fingerprint density at radius 1 is 1.89 bits per heavy atom. The first-order valence-electron chi connectivity index (χ1n) is 2.25. The molecule has 0 aromatic rings. The Kier molecular flexibility index (Phi) is 6.44. The third-order valence-corrected chi connectivity index (χ3v) is 0.469. The van der Waals surface area contributed by atoms with Crippen molar-refractivity contribution in [2.24, 2.45) is 5.73 Å². The van der Waals surface area contributed by atoms with Gasteiger partial charge in [-0.2, -0.15) is 0 Å². The molecule has 0 aliphatic rings. The molecule has 1 atom stereocenters. The highest BCUT2D eigenvalue weighted by molar-refractivity contribution is 5.81. The first kappa shape index (κ1) is 11.0. The molecular weight excluding hydrogens is 120 g/mol. The molecule has 0 aromatic heterocycles. The third-order valence-electron chi connectivity index (χ3n) is 0.469. The van der Waals surface area contributed by atoms with Crippen molar-refractivity contribution in [2.45, 2.75) is 13.2 Å². The molecule has 0 rings (SSSR count). The van der Waals surface area contributed by atoms with Crippen molar-refractivity contribution in [1.29, 1.82) is 0 Å². The fraction of sp³-hybridized carbons (Fsp3) is 0.400. The minimum absolute atomic E-state index is 0. The summed E-state index contributed by atoms with van der Waals surface area (Å²) in [7, 11) is 0. The van der Waals surface area contributed by atoms with Crippen LogP contribution in [0.4, 0.5) is 0 Å². The summed E-state index contributed by atoms with van der Waals surface area (Å²) in [4.78, 5) is 10.2. The number of hydrogen-bond donors (Lipinski definition) is 2. The molecule has 54 valence electrons. The van der Waals surface area contributed by atoms with Crippen LogP contribution in [0.25, 0.3) is 0 Å². The molecule has 0 amide bonds.